The minimum atomic E-state index is 0. The average molecular weight is 465 g/mol. The summed E-state index contributed by atoms with van der Waals surface area (Å²) in [6.45, 7) is 15.4. The van der Waals surface area contributed by atoms with Crippen molar-refractivity contribution in [3.8, 4) is 0 Å². The van der Waals surface area contributed by atoms with Crippen molar-refractivity contribution in [3.05, 3.63) is 96.1 Å². The molecule has 2 heteroatoms. The van der Waals surface area contributed by atoms with Gasteiger partial charge in [-0.15, -0.1) is 6.58 Å². The fourth-order valence-electron chi connectivity index (χ4n) is 3.37. The van der Waals surface area contributed by atoms with E-state index in [1.54, 1.807) is 6.92 Å². The Kier molecular flexibility index (Phi) is 17.7. The molecule has 0 amide bonds. The van der Waals surface area contributed by atoms with Crippen LogP contribution in [0.1, 0.15) is 79.8 Å². The second kappa shape index (κ2) is 19.5. The predicted molar refractivity (Wildman–Crippen MR) is 154 cm³/mol. The molecule has 3 aromatic rings. The fraction of sp³-hybridized carbons (Fsp3) is 0.375. The van der Waals surface area contributed by atoms with Crippen LogP contribution in [-0.4, -0.2) is 11.6 Å². The summed E-state index contributed by atoms with van der Waals surface area (Å²) in [4.78, 5) is 22.5. The minimum Gasteiger partial charge on any atom is -0.300 e. The molecule has 0 unspecified atom stereocenters. The first-order valence-corrected chi connectivity index (χ1v) is 12.6. The molecule has 0 aliphatic heterocycles. The summed E-state index contributed by atoms with van der Waals surface area (Å²) in [5, 5.41) is 2.42. The van der Waals surface area contributed by atoms with Gasteiger partial charge < -0.3 is 0 Å². The van der Waals surface area contributed by atoms with E-state index in [1.165, 1.54) is 21.9 Å². The number of aryl methyl sites for hydroxylation is 2. The molecular weight excluding hydrogens is 416 g/mol. The Hall–Kier alpha value is -3.00. The number of fused-ring (bicyclic) bond motifs is 1. The van der Waals surface area contributed by atoms with Crippen LogP contribution in [0.15, 0.2) is 79.4 Å². The van der Waals surface area contributed by atoms with E-state index < -0.39 is 0 Å². The van der Waals surface area contributed by atoms with E-state index >= 15 is 0 Å². The zero-order valence-electron chi connectivity index (χ0n) is 22.2. The van der Waals surface area contributed by atoms with Crippen molar-refractivity contribution in [2.75, 3.05) is 0 Å². The van der Waals surface area contributed by atoms with Crippen LogP contribution in [0.4, 0.5) is 0 Å². The van der Waals surface area contributed by atoms with Crippen LogP contribution >= 0.6 is 0 Å². The van der Waals surface area contributed by atoms with E-state index in [4.69, 9.17) is 0 Å². The number of rotatable bonds is 9. The van der Waals surface area contributed by atoms with Gasteiger partial charge in [-0.3, -0.25) is 9.59 Å². The summed E-state index contributed by atoms with van der Waals surface area (Å²) >= 11 is 0. The first-order chi connectivity index (χ1) is 16.5. The Morgan fingerprint density at radius 1 is 0.853 bits per heavy atom. The highest BCUT2D eigenvalue weighted by Crippen LogP contribution is 2.16. The molecular formula is C32H48O2. The van der Waals surface area contributed by atoms with Gasteiger partial charge in [0.15, 0.2) is 0 Å². The third kappa shape index (κ3) is 12.9. The SMILES string of the molecule is C=CCCCC(=O)CCc1ccccc1C.CC.CC.CC(=O)Cc1ccc2ccccc2c1.[HH].[HH]. The number of ketones is 2. The number of allylic oxidation sites excluding steroid dienone is 1. The average Bonchev–Trinajstić information content (AvgIpc) is 2.86. The van der Waals surface area contributed by atoms with Crippen LogP contribution in [0, 0.1) is 6.92 Å². The lowest BCUT2D eigenvalue weighted by molar-refractivity contribution is -0.119. The van der Waals surface area contributed by atoms with Crippen molar-refractivity contribution in [2.24, 2.45) is 0 Å². The van der Waals surface area contributed by atoms with Crippen LogP contribution in [0.5, 0.6) is 0 Å². The van der Waals surface area contributed by atoms with E-state index in [-0.39, 0.29) is 8.64 Å². The van der Waals surface area contributed by atoms with E-state index in [9.17, 15) is 9.59 Å². The summed E-state index contributed by atoms with van der Waals surface area (Å²) in [7, 11) is 0. The summed E-state index contributed by atoms with van der Waals surface area (Å²) < 4.78 is 0. The minimum absolute atomic E-state index is 0. The number of hydrogen-bond donors (Lipinski definition) is 0. The molecule has 0 aliphatic rings. The second-order valence-corrected chi connectivity index (χ2v) is 7.71. The molecule has 34 heavy (non-hydrogen) atoms. The maximum Gasteiger partial charge on any atom is 0.134 e. The van der Waals surface area contributed by atoms with Gasteiger partial charge in [0.1, 0.15) is 11.6 Å². The van der Waals surface area contributed by atoms with E-state index in [0.717, 1.165) is 24.8 Å². The van der Waals surface area contributed by atoms with Crippen molar-refractivity contribution in [1.29, 1.82) is 0 Å². The van der Waals surface area contributed by atoms with Gasteiger partial charge in [0.05, 0.1) is 0 Å². The van der Waals surface area contributed by atoms with Gasteiger partial charge in [-0.2, -0.15) is 0 Å². The highest BCUT2D eigenvalue weighted by Gasteiger charge is 2.03. The first-order valence-electron chi connectivity index (χ1n) is 12.6. The maximum atomic E-state index is 11.6. The highest BCUT2D eigenvalue weighted by molar-refractivity contribution is 5.85. The van der Waals surface area contributed by atoms with Gasteiger partial charge in [-0.25, -0.2) is 0 Å². The fourth-order valence-corrected chi connectivity index (χ4v) is 3.37. The zero-order valence-corrected chi connectivity index (χ0v) is 22.2. The molecule has 0 saturated heterocycles. The van der Waals surface area contributed by atoms with Gasteiger partial charge in [-0.05, 0) is 60.6 Å². The molecule has 0 N–H and O–H groups in total. The number of unbranched alkanes of at least 4 members (excludes halogenated alkanes) is 1. The van der Waals surface area contributed by atoms with Crippen LogP contribution in [-0.2, 0) is 22.4 Å². The molecule has 0 saturated carbocycles. The largest absolute Gasteiger partial charge is 0.300 e. The molecule has 0 aliphatic carbocycles. The van der Waals surface area contributed by atoms with Crippen LogP contribution < -0.4 is 0 Å². The lowest BCUT2D eigenvalue weighted by atomic mass is 10.0. The first kappa shape index (κ1) is 31.0. The smallest absolute Gasteiger partial charge is 0.134 e. The quantitative estimate of drug-likeness (QED) is 0.233. The molecule has 0 radical (unpaired) electrons. The molecule has 0 bridgehead atoms. The third-order valence-electron chi connectivity index (χ3n) is 5.07. The number of carbonyl (C=O) groups is 2. The summed E-state index contributed by atoms with van der Waals surface area (Å²) in [5.74, 6) is 0.574. The molecule has 3 rings (SSSR count). The molecule has 2 nitrogen and oxygen atoms in total. The summed E-state index contributed by atoms with van der Waals surface area (Å²) in [6.07, 6.45) is 6.52. The van der Waals surface area contributed by atoms with Crippen molar-refractivity contribution in [3.63, 3.8) is 0 Å². The second-order valence-electron chi connectivity index (χ2n) is 7.71. The van der Waals surface area contributed by atoms with Gasteiger partial charge in [0, 0.05) is 22.1 Å². The van der Waals surface area contributed by atoms with Crippen LogP contribution in [0.3, 0.4) is 0 Å². The van der Waals surface area contributed by atoms with Crippen molar-refractivity contribution in [2.45, 2.75) is 80.1 Å². The Bertz CT molecular complexity index is 996. The number of hydrogen-bond acceptors (Lipinski definition) is 2. The van der Waals surface area contributed by atoms with Gasteiger partial charge in [0.2, 0.25) is 0 Å². The Labute approximate surface area is 211 Å². The maximum absolute atomic E-state index is 11.6. The summed E-state index contributed by atoms with van der Waals surface area (Å²) in [6, 6.07) is 22.6. The van der Waals surface area contributed by atoms with E-state index in [1.807, 2.05) is 64.1 Å². The predicted octanol–water partition coefficient (Wildman–Crippen LogP) is 9.37. The highest BCUT2D eigenvalue weighted by atomic mass is 16.1. The monoisotopic (exact) mass is 464 g/mol. The van der Waals surface area contributed by atoms with Crippen molar-refractivity contribution < 1.29 is 12.4 Å². The van der Waals surface area contributed by atoms with Crippen molar-refractivity contribution >= 4 is 22.3 Å². The van der Waals surface area contributed by atoms with E-state index in [2.05, 4.69) is 49.9 Å². The lowest BCUT2D eigenvalue weighted by Crippen LogP contribution is -2.00. The van der Waals surface area contributed by atoms with E-state index in [0.29, 0.717) is 25.0 Å². The Morgan fingerprint density at radius 2 is 1.47 bits per heavy atom. The van der Waals surface area contributed by atoms with Gasteiger partial charge in [0.25, 0.3) is 0 Å². The number of carbonyl (C=O) groups excluding carboxylic acids is 2. The summed E-state index contributed by atoms with van der Waals surface area (Å²) in [5.41, 5.74) is 3.66. The molecule has 0 aromatic heterocycles. The number of Topliss-reactive ketones (excluding diaryl/α,β-unsaturated/α-hetero) is 2. The Balaban J connectivity index is -0.000000508. The zero-order chi connectivity index (χ0) is 25.8. The van der Waals surface area contributed by atoms with Crippen molar-refractivity contribution in [1.82, 2.24) is 0 Å². The molecule has 0 atom stereocenters. The molecule has 3 aromatic carbocycles. The van der Waals surface area contributed by atoms with Crippen LogP contribution in [0.25, 0.3) is 10.8 Å². The molecule has 0 heterocycles. The normalized spacial score (nSPS) is 9.35. The van der Waals surface area contributed by atoms with Gasteiger partial charge in [-0.1, -0.05) is 101 Å². The lowest BCUT2D eigenvalue weighted by Gasteiger charge is -2.04. The third-order valence-corrected chi connectivity index (χ3v) is 5.07. The van der Waals surface area contributed by atoms with Crippen LogP contribution in [0.2, 0.25) is 0 Å². The molecule has 0 spiro atoms. The molecule has 0 fully saturated rings. The van der Waals surface area contributed by atoms with Gasteiger partial charge >= 0.3 is 0 Å². The number of benzene rings is 3. The Morgan fingerprint density at radius 3 is 2.09 bits per heavy atom. The standard InChI is InChI=1S/C15H20O.C13H12O.2C2H6.2H2/c1-3-4-5-10-15(16)12-11-14-9-7-6-8-13(14)2;1-10(14)8-11-6-7-12-4-2-3-5-13(12)9-11;2*1-2;;/h3,6-9H,1,4-5,10-12H2,2H3;2-7,9H,8H2,1H3;2*1-2H3;2*1H. The molecule has 188 valence electrons. The topological polar surface area (TPSA) is 34.1 Å².